The number of methoxy groups -OCH3 is 1. The van der Waals surface area contributed by atoms with Gasteiger partial charge in [0.2, 0.25) is 0 Å². The molecular formula is C20H26FN2O2+. The van der Waals surface area contributed by atoms with Crippen LogP contribution in [0, 0.1) is 11.7 Å². The molecule has 1 amide bonds. The fourth-order valence-corrected chi connectivity index (χ4v) is 2.83. The highest BCUT2D eigenvalue weighted by Gasteiger charge is 2.20. The molecule has 2 aromatic rings. The van der Waals surface area contributed by atoms with Gasteiger partial charge in [-0.15, -0.1) is 0 Å². The van der Waals surface area contributed by atoms with E-state index >= 15 is 0 Å². The Balaban J connectivity index is 1.89. The number of rotatable bonds is 8. The Morgan fingerprint density at radius 2 is 1.84 bits per heavy atom. The summed E-state index contributed by atoms with van der Waals surface area (Å²) in [7, 11) is 1.62. The molecule has 0 unspecified atom stereocenters. The van der Waals surface area contributed by atoms with Crippen LogP contribution < -0.4 is 15.4 Å². The first-order valence-corrected chi connectivity index (χ1v) is 8.48. The minimum absolute atomic E-state index is 0.0429. The molecule has 0 heterocycles. The summed E-state index contributed by atoms with van der Waals surface area (Å²) >= 11 is 0. The van der Waals surface area contributed by atoms with Gasteiger partial charge in [0.1, 0.15) is 17.6 Å². The maximum Gasteiger partial charge on any atom is 0.275 e. The summed E-state index contributed by atoms with van der Waals surface area (Å²) in [4.78, 5) is 12.2. The molecule has 0 aromatic heterocycles. The molecule has 2 rings (SSSR count). The molecule has 1 atom stereocenters. The van der Waals surface area contributed by atoms with E-state index in [-0.39, 0.29) is 17.8 Å². The average molecular weight is 345 g/mol. The van der Waals surface area contributed by atoms with Crippen LogP contribution in [0.4, 0.5) is 4.39 Å². The van der Waals surface area contributed by atoms with Crippen molar-refractivity contribution in [1.82, 2.24) is 5.32 Å². The minimum Gasteiger partial charge on any atom is -0.496 e. The van der Waals surface area contributed by atoms with Crippen molar-refractivity contribution in [2.45, 2.75) is 26.4 Å². The van der Waals surface area contributed by atoms with Gasteiger partial charge in [-0.25, -0.2) is 4.39 Å². The van der Waals surface area contributed by atoms with E-state index in [4.69, 9.17) is 4.74 Å². The largest absolute Gasteiger partial charge is 0.496 e. The van der Waals surface area contributed by atoms with Gasteiger partial charge in [-0.05, 0) is 18.2 Å². The first-order valence-electron chi connectivity index (χ1n) is 8.48. The third kappa shape index (κ3) is 5.57. The summed E-state index contributed by atoms with van der Waals surface area (Å²) in [6.07, 6.45) is 0. The van der Waals surface area contributed by atoms with Crippen molar-refractivity contribution in [3.8, 4) is 5.75 Å². The van der Waals surface area contributed by atoms with Crippen LogP contribution in [0.2, 0.25) is 0 Å². The number of nitrogens with one attached hydrogen (secondary N) is 1. The van der Waals surface area contributed by atoms with E-state index in [9.17, 15) is 9.18 Å². The van der Waals surface area contributed by atoms with Crippen molar-refractivity contribution in [3.63, 3.8) is 0 Å². The van der Waals surface area contributed by atoms with Crippen molar-refractivity contribution < 1.29 is 19.2 Å². The molecule has 0 aliphatic heterocycles. The average Bonchev–Trinajstić information content (AvgIpc) is 2.61. The lowest BCUT2D eigenvalue weighted by Gasteiger charge is -2.19. The number of ether oxygens (including phenoxy) is 1. The summed E-state index contributed by atoms with van der Waals surface area (Å²) in [5, 5.41) is 4.91. The number of amides is 1. The Labute approximate surface area is 148 Å². The zero-order valence-electron chi connectivity index (χ0n) is 15.0. The number of hydrogen-bond acceptors (Lipinski definition) is 2. The van der Waals surface area contributed by atoms with Gasteiger partial charge >= 0.3 is 0 Å². The Hall–Kier alpha value is -2.40. The fraction of sp³-hybridized carbons (Fsp3) is 0.350. The van der Waals surface area contributed by atoms with Crippen LogP contribution in [-0.4, -0.2) is 19.6 Å². The second-order valence-corrected chi connectivity index (χ2v) is 6.35. The number of hydrogen-bond donors (Lipinski definition) is 2. The van der Waals surface area contributed by atoms with Gasteiger partial charge < -0.3 is 15.4 Å². The van der Waals surface area contributed by atoms with E-state index in [1.54, 1.807) is 19.2 Å². The highest BCUT2D eigenvalue weighted by atomic mass is 19.1. The number of quaternary nitrogens is 1. The van der Waals surface area contributed by atoms with E-state index in [2.05, 4.69) is 19.2 Å². The summed E-state index contributed by atoms with van der Waals surface area (Å²) in [6, 6.07) is 14.2. The zero-order valence-corrected chi connectivity index (χ0v) is 15.0. The summed E-state index contributed by atoms with van der Waals surface area (Å²) in [6.45, 7) is 4.93. The summed E-state index contributed by atoms with van der Waals surface area (Å²) < 4.78 is 18.4. The van der Waals surface area contributed by atoms with Gasteiger partial charge in [-0.1, -0.05) is 44.2 Å². The van der Waals surface area contributed by atoms with Gasteiger partial charge in [0.15, 0.2) is 6.54 Å². The van der Waals surface area contributed by atoms with Gasteiger partial charge in [0.05, 0.1) is 7.11 Å². The summed E-state index contributed by atoms with van der Waals surface area (Å²) in [5.41, 5.74) is 1.96. The lowest BCUT2D eigenvalue weighted by Crippen LogP contribution is -2.88. The highest BCUT2D eigenvalue weighted by molar-refractivity contribution is 5.76. The number of carbonyl (C=O) groups excluding carboxylic acids is 1. The van der Waals surface area contributed by atoms with Gasteiger partial charge in [0.25, 0.3) is 5.91 Å². The van der Waals surface area contributed by atoms with Crippen LogP contribution >= 0.6 is 0 Å². The van der Waals surface area contributed by atoms with E-state index in [1.807, 2.05) is 29.6 Å². The van der Waals surface area contributed by atoms with Crippen molar-refractivity contribution in [2.24, 2.45) is 5.92 Å². The zero-order chi connectivity index (χ0) is 18.2. The molecular weight excluding hydrogens is 319 g/mol. The van der Waals surface area contributed by atoms with Crippen LogP contribution in [0.1, 0.15) is 31.0 Å². The Kier molecular flexibility index (Phi) is 6.95. The maximum atomic E-state index is 13.1. The molecule has 0 aliphatic rings. The molecule has 3 N–H and O–H groups in total. The first-order chi connectivity index (χ1) is 12.0. The Morgan fingerprint density at radius 1 is 1.16 bits per heavy atom. The smallest absolute Gasteiger partial charge is 0.275 e. The van der Waals surface area contributed by atoms with Crippen LogP contribution in [0.25, 0.3) is 0 Å². The van der Waals surface area contributed by atoms with Gasteiger partial charge in [0, 0.05) is 23.6 Å². The van der Waals surface area contributed by atoms with Crippen LogP contribution in [0.5, 0.6) is 5.75 Å². The maximum absolute atomic E-state index is 13.1. The highest BCUT2D eigenvalue weighted by Crippen LogP contribution is 2.18. The Morgan fingerprint density at radius 3 is 2.48 bits per heavy atom. The normalized spacial score (nSPS) is 12.0. The molecule has 25 heavy (non-hydrogen) atoms. The van der Waals surface area contributed by atoms with E-state index < -0.39 is 0 Å². The fourth-order valence-electron chi connectivity index (χ4n) is 2.83. The number of para-hydroxylation sites is 1. The lowest BCUT2D eigenvalue weighted by molar-refractivity contribution is -0.692. The molecule has 0 spiro atoms. The predicted octanol–water partition coefficient (Wildman–Crippen LogP) is 2.41. The van der Waals surface area contributed by atoms with Crippen molar-refractivity contribution in [1.29, 1.82) is 0 Å². The number of benzene rings is 2. The molecule has 0 fully saturated rings. The third-order valence-electron chi connectivity index (χ3n) is 4.20. The standard InChI is InChI=1S/C20H25FN2O2/c1-14(2)20(15-8-10-17(21)11-9-15)23-13-19(24)22-12-16-6-4-5-7-18(16)25-3/h4-11,14,20,23H,12-13H2,1-3H3,(H,22,24)/p+1/t20-/m1/s1. The van der Waals surface area contributed by atoms with E-state index in [0.717, 1.165) is 16.9 Å². The topological polar surface area (TPSA) is 54.9 Å². The second-order valence-electron chi connectivity index (χ2n) is 6.35. The van der Waals surface area contributed by atoms with Crippen molar-refractivity contribution >= 4 is 5.91 Å². The van der Waals surface area contributed by atoms with Gasteiger partial charge in [-0.2, -0.15) is 0 Å². The monoisotopic (exact) mass is 345 g/mol. The molecule has 0 aliphatic carbocycles. The number of carbonyl (C=O) groups is 1. The SMILES string of the molecule is COc1ccccc1CNC(=O)C[NH2+][C@@H](c1ccc(F)cc1)C(C)C. The third-order valence-corrected chi connectivity index (χ3v) is 4.20. The minimum atomic E-state index is -0.249. The summed E-state index contributed by atoms with van der Waals surface area (Å²) in [5.74, 6) is 0.796. The van der Waals surface area contributed by atoms with Crippen LogP contribution in [-0.2, 0) is 11.3 Å². The molecule has 134 valence electrons. The van der Waals surface area contributed by atoms with Crippen molar-refractivity contribution in [3.05, 3.63) is 65.5 Å². The predicted molar refractivity (Wildman–Crippen MR) is 95.6 cm³/mol. The van der Waals surface area contributed by atoms with Crippen molar-refractivity contribution in [2.75, 3.05) is 13.7 Å². The van der Waals surface area contributed by atoms with E-state index in [0.29, 0.717) is 19.0 Å². The lowest BCUT2D eigenvalue weighted by atomic mass is 9.96. The molecule has 4 nitrogen and oxygen atoms in total. The van der Waals surface area contributed by atoms with E-state index in [1.165, 1.54) is 12.1 Å². The molecule has 5 heteroatoms. The molecule has 2 aromatic carbocycles. The molecule has 0 saturated carbocycles. The molecule has 0 bridgehead atoms. The Bertz CT molecular complexity index is 686. The molecule has 0 saturated heterocycles. The van der Waals surface area contributed by atoms with Gasteiger partial charge in [-0.3, -0.25) is 4.79 Å². The number of nitrogens with two attached hydrogens (primary N) is 1. The quantitative estimate of drug-likeness (QED) is 0.772. The first kappa shape index (κ1) is 18.9. The van der Waals surface area contributed by atoms with Crippen LogP contribution in [0.3, 0.4) is 0 Å². The second kappa shape index (κ2) is 9.18. The number of halogens is 1. The van der Waals surface area contributed by atoms with Crippen LogP contribution in [0.15, 0.2) is 48.5 Å². The molecule has 0 radical (unpaired) electrons.